The molecule has 1 aromatic rings. The molecular weight excluding hydrogens is 319 g/mol. The van der Waals surface area contributed by atoms with Crippen molar-refractivity contribution in [1.82, 2.24) is 10.6 Å². The molecule has 20 heavy (non-hydrogen) atoms. The Hall–Kier alpha value is -0.480. The van der Waals surface area contributed by atoms with Gasteiger partial charge in [-0.1, -0.05) is 53.0 Å². The van der Waals surface area contributed by atoms with Crippen LogP contribution in [0.2, 0.25) is 0 Å². The van der Waals surface area contributed by atoms with Crippen LogP contribution in [0.3, 0.4) is 0 Å². The van der Waals surface area contributed by atoms with Gasteiger partial charge in [0.05, 0.1) is 0 Å². The van der Waals surface area contributed by atoms with Gasteiger partial charge in [0, 0.05) is 11.1 Å². The number of carbonyl (C=O) groups excluding carboxylic acids is 1. The maximum absolute atomic E-state index is 12.3. The first-order chi connectivity index (χ1) is 9.00. The maximum Gasteiger partial charge on any atom is 0.252 e. The number of halogens is 3. The predicted molar refractivity (Wildman–Crippen MR) is 85.6 cm³/mol. The van der Waals surface area contributed by atoms with Crippen molar-refractivity contribution in [3.63, 3.8) is 0 Å². The van der Waals surface area contributed by atoms with Gasteiger partial charge in [-0.05, 0) is 39.3 Å². The first-order valence-electron chi connectivity index (χ1n) is 6.21. The molecule has 1 atom stereocenters. The zero-order valence-electron chi connectivity index (χ0n) is 11.9. The van der Waals surface area contributed by atoms with Gasteiger partial charge in [-0.3, -0.25) is 10.1 Å². The molecule has 0 saturated carbocycles. The molecule has 3 nitrogen and oxygen atoms in total. The van der Waals surface area contributed by atoms with Crippen LogP contribution in [0.4, 0.5) is 0 Å². The topological polar surface area (TPSA) is 41.1 Å². The average molecular weight is 338 g/mol. The Morgan fingerprint density at radius 1 is 1.15 bits per heavy atom. The highest BCUT2D eigenvalue weighted by atomic mass is 35.6. The molecular formula is C14H19Cl3N2O. The van der Waals surface area contributed by atoms with Crippen LogP contribution < -0.4 is 10.6 Å². The van der Waals surface area contributed by atoms with E-state index in [9.17, 15) is 4.79 Å². The summed E-state index contributed by atoms with van der Waals surface area (Å²) in [7, 11) is 0. The molecule has 2 N–H and O–H groups in total. The Balaban J connectivity index is 2.91. The van der Waals surface area contributed by atoms with E-state index in [0.717, 1.165) is 5.56 Å². The molecule has 0 spiro atoms. The number of benzene rings is 1. The summed E-state index contributed by atoms with van der Waals surface area (Å²) in [6, 6.07) is 7.25. The largest absolute Gasteiger partial charge is 0.333 e. The number of hydrogen-bond donors (Lipinski definition) is 2. The Morgan fingerprint density at radius 3 is 2.15 bits per heavy atom. The highest BCUT2D eigenvalue weighted by molar-refractivity contribution is 6.68. The maximum atomic E-state index is 12.3. The van der Waals surface area contributed by atoms with Crippen LogP contribution in [0, 0.1) is 6.92 Å². The minimum atomic E-state index is -1.65. The van der Waals surface area contributed by atoms with E-state index in [1.54, 1.807) is 12.1 Å². The predicted octanol–water partition coefficient (Wildman–Crippen LogP) is 3.81. The number of amides is 1. The van der Waals surface area contributed by atoms with Crippen molar-refractivity contribution in [2.24, 2.45) is 0 Å². The van der Waals surface area contributed by atoms with Crippen LogP contribution in [0.15, 0.2) is 24.3 Å². The summed E-state index contributed by atoms with van der Waals surface area (Å²) >= 11 is 17.8. The quantitative estimate of drug-likeness (QED) is 0.650. The molecule has 1 unspecified atom stereocenters. The van der Waals surface area contributed by atoms with E-state index in [1.807, 2.05) is 39.8 Å². The van der Waals surface area contributed by atoms with Crippen molar-refractivity contribution in [1.29, 1.82) is 0 Å². The summed E-state index contributed by atoms with van der Waals surface area (Å²) in [5, 5.41) is 5.81. The third-order valence-electron chi connectivity index (χ3n) is 2.57. The normalized spacial score (nSPS) is 13.9. The van der Waals surface area contributed by atoms with Crippen molar-refractivity contribution in [3.05, 3.63) is 35.4 Å². The zero-order valence-corrected chi connectivity index (χ0v) is 14.2. The smallest absolute Gasteiger partial charge is 0.252 e. The number of rotatable bonds is 3. The van der Waals surface area contributed by atoms with Crippen LogP contribution in [0.25, 0.3) is 0 Å². The fraction of sp³-hybridized carbons (Fsp3) is 0.500. The third-order valence-corrected chi connectivity index (χ3v) is 3.22. The van der Waals surface area contributed by atoms with E-state index in [1.165, 1.54) is 0 Å². The standard InChI is InChI=1S/C14H19Cl3N2O/c1-9-7-5-6-8-10(9)11(20)18-12(14(15,16)17)19-13(2,3)4/h5-8,12,19H,1-4H3,(H,18,20). The Morgan fingerprint density at radius 2 is 1.70 bits per heavy atom. The number of hydrogen-bond acceptors (Lipinski definition) is 2. The molecule has 0 aliphatic carbocycles. The molecule has 1 amide bonds. The molecule has 0 aliphatic heterocycles. The van der Waals surface area contributed by atoms with E-state index in [4.69, 9.17) is 34.8 Å². The van der Waals surface area contributed by atoms with Crippen molar-refractivity contribution in [2.45, 2.75) is 43.2 Å². The van der Waals surface area contributed by atoms with Crippen molar-refractivity contribution >= 4 is 40.7 Å². The number of aryl methyl sites for hydroxylation is 1. The minimum Gasteiger partial charge on any atom is -0.333 e. The van der Waals surface area contributed by atoms with Gasteiger partial charge >= 0.3 is 0 Å². The van der Waals surface area contributed by atoms with Gasteiger partial charge in [0.1, 0.15) is 6.17 Å². The lowest BCUT2D eigenvalue weighted by Crippen LogP contribution is -2.58. The van der Waals surface area contributed by atoms with Crippen LogP contribution in [0.5, 0.6) is 0 Å². The van der Waals surface area contributed by atoms with Crippen molar-refractivity contribution in [2.75, 3.05) is 0 Å². The number of nitrogens with one attached hydrogen (secondary N) is 2. The molecule has 0 aromatic heterocycles. The lowest BCUT2D eigenvalue weighted by atomic mass is 10.1. The van der Waals surface area contributed by atoms with Gasteiger partial charge in [-0.25, -0.2) is 0 Å². The first kappa shape index (κ1) is 17.6. The molecule has 0 fully saturated rings. The van der Waals surface area contributed by atoms with Gasteiger partial charge in [0.15, 0.2) is 0 Å². The lowest BCUT2D eigenvalue weighted by Gasteiger charge is -2.33. The summed E-state index contributed by atoms with van der Waals surface area (Å²) in [5.74, 6) is -0.281. The summed E-state index contributed by atoms with van der Waals surface area (Å²) in [5.41, 5.74) is 1.11. The Kier molecular flexibility index (Phi) is 5.73. The van der Waals surface area contributed by atoms with Gasteiger partial charge in [0.2, 0.25) is 3.79 Å². The highest BCUT2D eigenvalue weighted by Gasteiger charge is 2.36. The molecule has 1 aromatic carbocycles. The lowest BCUT2D eigenvalue weighted by molar-refractivity contribution is 0.0922. The molecule has 0 heterocycles. The Bertz CT molecular complexity index is 478. The highest BCUT2D eigenvalue weighted by Crippen LogP contribution is 2.30. The summed E-state index contributed by atoms with van der Waals surface area (Å²) in [6.45, 7) is 7.64. The molecule has 1 rings (SSSR count). The first-order valence-corrected chi connectivity index (χ1v) is 7.35. The van der Waals surface area contributed by atoms with E-state index in [2.05, 4.69) is 10.6 Å². The molecule has 112 valence electrons. The second-order valence-corrected chi connectivity index (χ2v) is 8.03. The van der Waals surface area contributed by atoms with Gasteiger partial charge in [0.25, 0.3) is 5.91 Å². The van der Waals surface area contributed by atoms with Crippen molar-refractivity contribution < 1.29 is 4.79 Å². The second-order valence-electron chi connectivity index (χ2n) is 5.66. The van der Waals surface area contributed by atoms with E-state index in [-0.39, 0.29) is 11.4 Å². The third kappa shape index (κ3) is 5.49. The summed E-state index contributed by atoms with van der Waals surface area (Å²) in [4.78, 5) is 12.3. The van der Waals surface area contributed by atoms with Gasteiger partial charge in [-0.15, -0.1) is 0 Å². The molecule has 0 bridgehead atoms. The number of carbonyl (C=O) groups is 1. The zero-order chi connectivity index (χ0) is 15.6. The molecule has 0 radical (unpaired) electrons. The fourth-order valence-corrected chi connectivity index (χ4v) is 2.00. The van der Waals surface area contributed by atoms with Gasteiger partial charge < -0.3 is 5.32 Å². The van der Waals surface area contributed by atoms with Crippen LogP contribution >= 0.6 is 34.8 Å². The second kappa shape index (κ2) is 6.52. The van der Waals surface area contributed by atoms with Gasteiger partial charge in [-0.2, -0.15) is 0 Å². The van der Waals surface area contributed by atoms with Crippen molar-refractivity contribution in [3.8, 4) is 0 Å². The average Bonchev–Trinajstić information content (AvgIpc) is 2.25. The summed E-state index contributed by atoms with van der Waals surface area (Å²) in [6.07, 6.45) is -0.792. The van der Waals surface area contributed by atoms with Crippen LogP contribution in [-0.2, 0) is 0 Å². The molecule has 0 aliphatic rings. The SMILES string of the molecule is Cc1ccccc1C(=O)NC(NC(C)(C)C)C(Cl)(Cl)Cl. The monoisotopic (exact) mass is 336 g/mol. The Labute approximate surface area is 135 Å². The van der Waals surface area contributed by atoms with Crippen LogP contribution in [-0.4, -0.2) is 21.4 Å². The fourth-order valence-electron chi connectivity index (χ4n) is 1.67. The molecule has 0 saturated heterocycles. The number of alkyl halides is 3. The molecule has 6 heteroatoms. The summed E-state index contributed by atoms with van der Waals surface area (Å²) < 4.78 is -1.65. The van der Waals surface area contributed by atoms with E-state index >= 15 is 0 Å². The van der Waals surface area contributed by atoms with Crippen LogP contribution in [0.1, 0.15) is 36.7 Å². The van der Waals surface area contributed by atoms with E-state index in [0.29, 0.717) is 5.56 Å². The van der Waals surface area contributed by atoms with E-state index < -0.39 is 9.96 Å². The minimum absolute atomic E-state index is 0.281.